The average molecular weight is 238 g/mol. The van der Waals surface area contributed by atoms with E-state index in [0.29, 0.717) is 6.41 Å². The summed E-state index contributed by atoms with van der Waals surface area (Å²) in [6.07, 6.45) is 1.82. The highest BCUT2D eigenvalue weighted by molar-refractivity contribution is 5.67. The van der Waals surface area contributed by atoms with Gasteiger partial charge in [0.2, 0.25) is 6.41 Å². The van der Waals surface area contributed by atoms with Crippen LogP contribution in [0.25, 0.3) is 0 Å². The third-order valence-electron chi connectivity index (χ3n) is 2.13. The van der Waals surface area contributed by atoms with Crippen molar-refractivity contribution in [1.29, 1.82) is 0 Å². The van der Waals surface area contributed by atoms with Gasteiger partial charge >= 0.3 is 0 Å². The third kappa shape index (κ3) is 2.44. The molecule has 0 aliphatic carbocycles. The van der Waals surface area contributed by atoms with Gasteiger partial charge in [-0.1, -0.05) is 11.3 Å². The highest BCUT2D eigenvalue weighted by Crippen LogP contribution is 2.13. The summed E-state index contributed by atoms with van der Waals surface area (Å²) < 4.78 is 27.9. The molecule has 5 nitrogen and oxygen atoms in total. The van der Waals surface area contributed by atoms with Gasteiger partial charge in [0.1, 0.15) is 11.6 Å². The molecule has 7 heteroatoms. The van der Waals surface area contributed by atoms with Crippen molar-refractivity contribution in [3.05, 3.63) is 41.6 Å². The summed E-state index contributed by atoms with van der Waals surface area (Å²) in [6, 6.07) is 3.62. The minimum absolute atomic E-state index is 0.0912. The number of aromatic nitrogens is 3. The van der Waals surface area contributed by atoms with E-state index >= 15 is 0 Å². The molecule has 0 spiro atoms. The van der Waals surface area contributed by atoms with Crippen molar-refractivity contribution >= 4 is 12.2 Å². The first-order valence-electron chi connectivity index (χ1n) is 4.74. The first-order chi connectivity index (χ1) is 8.20. The van der Waals surface area contributed by atoms with E-state index in [0.717, 1.165) is 0 Å². The van der Waals surface area contributed by atoms with E-state index in [1.54, 1.807) is 0 Å². The van der Waals surface area contributed by atoms with Crippen molar-refractivity contribution in [2.45, 2.75) is 6.54 Å². The van der Waals surface area contributed by atoms with Gasteiger partial charge in [-0.05, 0) is 12.1 Å². The Morgan fingerprint density at radius 3 is 2.71 bits per heavy atom. The molecule has 17 heavy (non-hydrogen) atoms. The molecule has 1 N–H and O–H groups in total. The quantitative estimate of drug-likeness (QED) is 0.813. The van der Waals surface area contributed by atoms with Crippen molar-refractivity contribution in [2.75, 3.05) is 5.32 Å². The number of halogens is 2. The minimum Gasteiger partial charge on any atom is -0.310 e. The zero-order valence-electron chi connectivity index (χ0n) is 8.60. The van der Waals surface area contributed by atoms with Gasteiger partial charge in [0, 0.05) is 5.56 Å². The molecule has 0 radical (unpaired) electrons. The largest absolute Gasteiger partial charge is 0.310 e. The lowest BCUT2D eigenvalue weighted by Crippen LogP contribution is -2.05. The second-order valence-corrected chi connectivity index (χ2v) is 3.26. The van der Waals surface area contributed by atoms with Crippen LogP contribution in [0.1, 0.15) is 5.56 Å². The number of carbonyl (C=O) groups is 1. The van der Waals surface area contributed by atoms with E-state index in [9.17, 15) is 13.6 Å². The number of carbonyl (C=O) groups excluding carboxylic acids is 1. The van der Waals surface area contributed by atoms with Crippen LogP contribution in [0.4, 0.5) is 14.6 Å². The first-order valence-corrected chi connectivity index (χ1v) is 4.74. The highest BCUT2D eigenvalue weighted by atomic mass is 19.1. The molecule has 88 valence electrons. The molecule has 2 aromatic rings. The Bertz CT molecular complexity index is 521. The van der Waals surface area contributed by atoms with E-state index < -0.39 is 11.6 Å². The number of benzene rings is 1. The molecular formula is C10H8F2N4O. The zero-order valence-corrected chi connectivity index (χ0v) is 8.60. The Morgan fingerprint density at radius 2 is 2.06 bits per heavy atom. The molecular weight excluding hydrogens is 230 g/mol. The monoisotopic (exact) mass is 238 g/mol. The van der Waals surface area contributed by atoms with Gasteiger partial charge in [-0.2, -0.15) is 0 Å². The van der Waals surface area contributed by atoms with Gasteiger partial charge in [0.25, 0.3) is 0 Å². The van der Waals surface area contributed by atoms with Crippen LogP contribution in [0.15, 0.2) is 24.4 Å². The molecule has 0 aliphatic heterocycles. The number of nitrogens with one attached hydrogen (secondary N) is 1. The van der Waals surface area contributed by atoms with E-state index in [1.165, 1.54) is 29.1 Å². The van der Waals surface area contributed by atoms with Crippen LogP contribution in [0.3, 0.4) is 0 Å². The number of hydrogen-bond donors (Lipinski definition) is 1. The fraction of sp³-hybridized carbons (Fsp3) is 0.100. The van der Waals surface area contributed by atoms with Crippen LogP contribution in [-0.2, 0) is 11.3 Å². The molecule has 1 aromatic heterocycles. The van der Waals surface area contributed by atoms with Crippen molar-refractivity contribution in [1.82, 2.24) is 15.0 Å². The van der Waals surface area contributed by atoms with Crippen LogP contribution in [-0.4, -0.2) is 21.4 Å². The molecule has 0 unspecified atom stereocenters. The second-order valence-electron chi connectivity index (χ2n) is 3.26. The fourth-order valence-electron chi connectivity index (χ4n) is 1.35. The van der Waals surface area contributed by atoms with Crippen molar-refractivity contribution in [2.24, 2.45) is 0 Å². The van der Waals surface area contributed by atoms with Crippen LogP contribution >= 0.6 is 0 Å². The fourth-order valence-corrected chi connectivity index (χ4v) is 1.35. The minimum atomic E-state index is -0.648. The van der Waals surface area contributed by atoms with Gasteiger partial charge in [-0.25, -0.2) is 13.5 Å². The van der Waals surface area contributed by atoms with Gasteiger partial charge in [-0.3, -0.25) is 4.79 Å². The third-order valence-corrected chi connectivity index (χ3v) is 2.13. The van der Waals surface area contributed by atoms with Gasteiger partial charge in [0.05, 0.1) is 12.7 Å². The molecule has 0 fully saturated rings. The molecule has 1 amide bonds. The maximum Gasteiger partial charge on any atom is 0.212 e. The summed E-state index contributed by atoms with van der Waals surface area (Å²) in [5.74, 6) is -1.08. The predicted octanol–water partition coefficient (Wildman–Crippen LogP) is 1.17. The number of anilines is 1. The zero-order chi connectivity index (χ0) is 12.3. The SMILES string of the molecule is O=CNc1cn(Cc2c(F)cccc2F)nn1. The number of amides is 1. The smallest absolute Gasteiger partial charge is 0.212 e. The lowest BCUT2D eigenvalue weighted by atomic mass is 10.2. The summed E-state index contributed by atoms with van der Waals surface area (Å²) in [6.45, 7) is -0.0912. The summed E-state index contributed by atoms with van der Waals surface area (Å²) in [4.78, 5) is 10.1. The number of hydrogen-bond acceptors (Lipinski definition) is 3. The Morgan fingerprint density at radius 1 is 1.35 bits per heavy atom. The first kappa shape index (κ1) is 11.2. The lowest BCUT2D eigenvalue weighted by Gasteiger charge is -2.03. The number of rotatable bonds is 4. The predicted molar refractivity (Wildman–Crippen MR) is 55.2 cm³/mol. The number of nitrogens with zero attached hydrogens (tertiary/aromatic N) is 3. The van der Waals surface area contributed by atoms with Gasteiger partial charge in [0.15, 0.2) is 5.82 Å². The van der Waals surface area contributed by atoms with Crippen LogP contribution in [0.5, 0.6) is 0 Å². The molecule has 1 heterocycles. The Hall–Kier alpha value is -2.31. The molecule has 0 saturated heterocycles. The second kappa shape index (κ2) is 4.69. The standard InChI is InChI=1S/C10H8F2N4O/c11-8-2-1-3-9(12)7(8)4-16-5-10(13-6-17)14-15-16/h1-3,5-6H,4H2,(H,13,17). The molecule has 1 aromatic carbocycles. The van der Waals surface area contributed by atoms with Crippen LogP contribution in [0, 0.1) is 11.6 Å². The normalized spacial score (nSPS) is 10.2. The summed E-state index contributed by atoms with van der Waals surface area (Å²) >= 11 is 0. The molecule has 2 rings (SSSR count). The topological polar surface area (TPSA) is 59.8 Å². The van der Waals surface area contributed by atoms with Crippen molar-refractivity contribution < 1.29 is 13.6 Å². The van der Waals surface area contributed by atoms with E-state index in [2.05, 4.69) is 15.6 Å². The summed E-state index contributed by atoms with van der Waals surface area (Å²) in [5, 5.41) is 9.49. The van der Waals surface area contributed by atoms with Crippen molar-refractivity contribution in [3.8, 4) is 0 Å². The lowest BCUT2D eigenvalue weighted by molar-refractivity contribution is -0.105. The summed E-state index contributed by atoms with van der Waals surface area (Å²) in [5.41, 5.74) is -0.102. The average Bonchev–Trinajstić information content (AvgIpc) is 2.72. The van der Waals surface area contributed by atoms with E-state index in [1.807, 2.05) is 0 Å². The van der Waals surface area contributed by atoms with E-state index in [4.69, 9.17) is 0 Å². The molecule has 0 aliphatic rings. The molecule has 0 saturated carbocycles. The van der Waals surface area contributed by atoms with E-state index in [-0.39, 0.29) is 17.9 Å². The Kier molecular flexibility index (Phi) is 3.08. The maximum absolute atomic E-state index is 13.3. The Labute approximate surface area is 95.1 Å². The Balaban J connectivity index is 2.22. The summed E-state index contributed by atoms with van der Waals surface area (Å²) in [7, 11) is 0. The van der Waals surface area contributed by atoms with Crippen LogP contribution < -0.4 is 5.32 Å². The van der Waals surface area contributed by atoms with Gasteiger partial charge < -0.3 is 5.32 Å². The molecule has 0 atom stereocenters. The van der Waals surface area contributed by atoms with Crippen LogP contribution in [0.2, 0.25) is 0 Å². The van der Waals surface area contributed by atoms with Crippen molar-refractivity contribution in [3.63, 3.8) is 0 Å². The maximum atomic E-state index is 13.3. The highest BCUT2D eigenvalue weighted by Gasteiger charge is 2.10. The molecule has 0 bridgehead atoms. The van der Waals surface area contributed by atoms with Gasteiger partial charge in [-0.15, -0.1) is 5.10 Å².